The molecule has 1 fully saturated rings. The van der Waals surface area contributed by atoms with Crippen molar-refractivity contribution in [3.8, 4) is 0 Å². The number of furan rings is 1. The number of nitrogens with one attached hydrogen (secondary N) is 1. The van der Waals surface area contributed by atoms with Crippen molar-refractivity contribution >= 4 is 34.8 Å². The predicted octanol–water partition coefficient (Wildman–Crippen LogP) is 4.55. The molecule has 4 rings (SSSR count). The van der Waals surface area contributed by atoms with E-state index in [4.69, 9.17) is 16.0 Å². The van der Waals surface area contributed by atoms with E-state index in [-0.39, 0.29) is 5.91 Å². The first-order valence-electron chi connectivity index (χ1n) is 7.04. The van der Waals surface area contributed by atoms with Crippen molar-refractivity contribution in [2.45, 2.75) is 19.3 Å². The van der Waals surface area contributed by atoms with Crippen molar-refractivity contribution < 1.29 is 9.21 Å². The first-order chi connectivity index (χ1) is 10.1. The zero-order valence-corrected chi connectivity index (χ0v) is 12.3. The van der Waals surface area contributed by atoms with Gasteiger partial charge in [0.15, 0.2) is 0 Å². The zero-order valence-electron chi connectivity index (χ0n) is 11.5. The van der Waals surface area contributed by atoms with Crippen LogP contribution in [-0.2, 0) is 4.79 Å². The molecule has 1 aliphatic heterocycles. The van der Waals surface area contributed by atoms with Crippen LogP contribution in [0.5, 0.6) is 0 Å². The molecule has 1 saturated carbocycles. The Bertz CT molecular complexity index is 775. The minimum atomic E-state index is -0.120. The molecule has 1 aromatic heterocycles. The predicted molar refractivity (Wildman–Crippen MR) is 83.2 cm³/mol. The van der Waals surface area contributed by atoms with E-state index in [0.717, 1.165) is 22.8 Å². The van der Waals surface area contributed by atoms with Crippen molar-refractivity contribution in [3.63, 3.8) is 0 Å². The number of hydrogen-bond donors (Lipinski definition) is 1. The Hall–Kier alpha value is -2.00. The molecular formula is C17H14ClNO2. The van der Waals surface area contributed by atoms with Crippen LogP contribution >= 0.6 is 11.6 Å². The number of halogens is 1. The highest BCUT2D eigenvalue weighted by Crippen LogP contribution is 2.47. The van der Waals surface area contributed by atoms with Gasteiger partial charge in [-0.1, -0.05) is 24.6 Å². The van der Waals surface area contributed by atoms with Gasteiger partial charge >= 0.3 is 0 Å². The number of rotatable bonds is 2. The van der Waals surface area contributed by atoms with Crippen LogP contribution in [0.25, 0.3) is 11.6 Å². The molecule has 2 aromatic rings. The van der Waals surface area contributed by atoms with E-state index in [1.54, 1.807) is 18.2 Å². The molecule has 4 heteroatoms. The van der Waals surface area contributed by atoms with Gasteiger partial charge in [-0.25, -0.2) is 0 Å². The fraction of sp³-hybridized carbons (Fsp3) is 0.235. The second-order valence-electron chi connectivity index (χ2n) is 5.76. The molecule has 0 radical (unpaired) electrons. The molecule has 21 heavy (non-hydrogen) atoms. The lowest BCUT2D eigenvalue weighted by Crippen LogP contribution is -2.03. The van der Waals surface area contributed by atoms with Gasteiger partial charge in [-0.15, -0.1) is 0 Å². The van der Waals surface area contributed by atoms with Crippen molar-refractivity contribution in [1.82, 2.24) is 0 Å². The lowest BCUT2D eigenvalue weighted by Gasteiger charge is -1.98. The van der Waals surface area contributed by atoms with E-state index < -0.39 is 0 Å². The van der Waals surface area contributed by atoms with E-state index in [1.807, 2.05) is 18.2 Å². The number of fused-ring (bicyclic) bond motifs is 1. The molecule has 1 aliphatic carbocycles. The molecule has 2 atom stereocenters. The second-order valence-corrected chi connectivity index (χ2v) is 6.20. The summed E-state index contributed by atoms with van der Waals surface area (Å²) in [6.07, 6.45) is 2.98. The lowest BCUT2D eigenvalue weighted by molar-refractivity contribution is -0.110. The Labute approximate surface area is 127 Å². The molecule has 2 aliphatic rings. The summed E-state index contributed by atoms with van der Waals surface area (Å²) >= 11 is 5.95. The van der Waals surface area contributed by atoms with E-state index in [0.29, 0.717) is 22.4 Å². The first kappa shape index (κ1) is 12.7. The maximum absolute atomic E-state index is 12.1. The average Bonchev–Trinajstić information content (AvgIpc) is 2.88. The third-order valence-electron chi connectivity index (χ3n) is 4.17. The molecule has 0 spiro atoms. The minimum absolute atomic E-state index is 0.120. The SMILES string of the molecule is CC1CC1c1ccc(C=C2C(=O)Nc3cc(Cl)ccc32)o1. The van der Waals surface area contributed by atoms with Crippen molar-refractivity contribution in [2.24, 2.45) is 5.92 Å². The van der Waals surface area contributed by atoms with Gasteiger partial charge in [0.05, 0.1) is 11.3 Å². The third kappa shape index (κ3) is 2.18. The number of hydrogen-bond acceptors (Lipinski definition) is 2. The Morgan fingerprint density at radius 1 is 1.33 bits per heavy atom. The highest BCUT2D eigenvalue weighted by Gasteiger charge is 2.36. The summed E-state index contributed by atoms with van der Waals surface area (Å²) in [7, 11) is 0. The van der Waals surface area contributed by atoms with Gasteiger partial charge in [0.25, 0.3) is 5.91 Å². The standard InChI is InChI=1S/C17H14ClNO2/c1-9-6-13(9)16-5-3-11(21-16)8-14-12-4-2-10(18)7-15(12)19-17(14)20/h2-5,7-9,13H,6H2,1H3,(H,19,20). The molecule has 1 aromatic carbocycles. The largest absolute Gasteiger partial charge is 0.461 e. The normalized spacial score (nSPS) is 25.0. The molecule has 2 unspecified atom stereocenters. The van der Waals surface area contributed by atoms with Gasteiger partial charge in [0.2, 0.25) is 0 Å². The van der Waals surface area contributed by atoms with E-state index in [1.165, 1.54) is 6.42 Å². The minimum Gasteiger partial charge on any atom is -0.461 e. The monoisotopic (exact) mass is 299 g/mol. The molecule has 0 bridgehead atoms. The average molecular weight is 300 g/mol. The number of amides is 1. The Morgan fingerprint density at radius 3 is 2.90 bits per heavy atom. The van der Waals surface area contributed by atoms with Gasteiger partial charge in [-0.3, -0.25) is 4.79 Å². The maximum Gasteiger partial charge on any atom is 0.256 e. The van der Waals surface area contributed by atoms with Crippen LogP contribution in [0.15, 0.2) is 34.7 Å². The summed E-state index contributed by atoms with van der Waals surface area (Å²) in [4.78, 5) is 12.1. The van der Waals surface area contributed by atoms with E-state index in [9.17, 15) is 4.79 Å². The van der Waals surface area contributed by atoms with Gasteiger partial charge in [0, 0.05) is 16.5 Å². The Balaban J connectivity index is 1.70. The van der Waals surface area contributed by atoms with Crippen molar-refractivity contribution in [1.29, 1.82) is 0 Å². The molecule has 0 saturated heterocycles. The maximum atomic E-state index is 12.1. The number of anilines is 1. The van der Waals surface area contributed by atoms with Gasteiger partial charge in [-0.05, 0) is 42.7 Å². The smallest absolute Gasteiger partial charge is 0.256 e. The summed E-state index contributed by atoms with van der Waals surface area (Å²) in [5, 5.41) is 3.43. The quantitative estimate of drug-likeness (QED) is 0.827. The third-order valence-corrected chi connectivity index (χ3v) is 4.41. The van der Waals surface area contributed by atoms with E-state index >= 15 is 0 Å². The summed E-state index contributed by atoms with van der Waals surface area (Å²) in [5.41, 5.74) is 2.23. The fourth-order valence-corrected chi connectivity index (χ4v) is 2.99. The van der Waals surface area contributed by atoms with Crippen molar-refractivity contribution in [2.75, 3.05) is 5.32 Å². The zero-order chi connectivity index (χ0) is 14.6. The summed E-state index contributed by atoms with van der Waals surface area (Å²) in [6, 6.07) is 9.34. The Morgan fingerprint density at radius 2 is 2.14 bits per heavy atom. The molecule has 1 N–H and O–H groups in total. The van der Waals surface area contributed by atoms with Gasteiger partial charge < -0.3 is 9.73 Å². The number of carbonyl (C=O) groups excluding carboxylic acids is 1. The highest BCUT2D eigenvalue weighted by atomic mass is 35.5. The molecule has 3 nitrogen and oxygen atoms in total. The van der Waals surface area contributed by atoms with Crippen LogP contribution in [0.1, 0.15) is 36.3 Å². The van der Waals surface area contributed by atoms with E-state index in [2.05, 4.69) is 12.2 Å². The summed E-state index contributed by atoms with van der Waals surface area (Å²) in [6.45, 7) is 2.22. The molecular weight excluding hydrogens is 286 g/mol. The molecule has 1 amide bonds. The Kier molecular flexibility index (Phi) is 2.73. The topological polar surface area (TPSA) is 42.2 Å². The molecule has 2 heterocycles. The fourth-order valence-electron chi connectivity index (χ4n) is 2.82. The number of benzene rings is 1. The molecule has 106 valence electrons. The van der Waals surface area contributed by atoms with Crippen LogP contribution in [-0.4, -0.2) is 5.91 Å². The van der Waals surface area contributed by atoms with Gasteiger partial charge in [0.1, 0.15) is 11.5 Å². The lowest BCUT2D eigenvalue weighted by atomic mass is 10.1. The highest BCUT2D eigenvalue weighted by molar-refractivity contribution is 6.36. The summed E-state index contributed by atoms with van der Waals surface area (Å²) in [5.74, 6) is 2.86. The first-order valence-corrected chi connectivity index (χ1v) is 7.42. The van der Waals surface area contributed by atoms with Crippen LogP contribution < -0.4 is 5.32 Å². The van der Waals surface area contributed by atoms with Gasteiger partial charge in [-0.2, -0.15) is 0 Å². The van der Waals surface area contributed by atoms with Crippen molar-refractivity contribution in [3.05, 3.63) is 52.4 Å². The van der Waals surface area contributed by atoms with Crippen LogP contribution in [0.2, 0.25) is 5.02 Å². The van der Waals surface area contributed by atoms with Crippen LogP contribution in [0.3, 0.4) is 0 Å². The van der Waals surface area contributed by atoms with Crippen LogP contribution in [0.4, 0.5) is 5.69 Å². The summed E-state index contributed by atoms with van der Waals surface area (Å²) < 4.78 is 5.84. The van der Waals surface area contributed by atoms with Crippen LogP contribution in [0, 0.1) is 5.92 Å². The second kappa shape index (κ2) is 4.50. The number of carbonyl (C=O) groups is 1.